The van der Waals surface area contributed by atoms with Gasteiger partial charge in [0.2, 0.25) is 5.95 Å². The Balaban J connectivity index is 2.10. The van der Waals surface area contributed by atoms with Gasteiger partial charge in [-0.3, -0.25) is 4.40 Å². The Morgan fingerprint density at radius 3 is 2.87 bits per heavy atom. The lowest BCUT2D eigenvalue weighted by molar-refractivity contribution is 0.475. The topological polar surface area (TPSA) is 88.2 Å². The average Bonchev–Trinajstić information content (AvgIpc) is 3.06. The van der Waals surface area contributed by atoms with E-state index in [1.54, 1.807) is 36.1 Å². The predicted molar refractivity (Wildman–Crippen MR) is 87.7 cm³/mol. The van der Waals surface area contributed by atoms with Crippen molar-refractivity contribution in [3.63, 3.8) is 0 Å². The lowest BCUT2D eigenvalue weighted by atomic mass is 10.1. The second kappa shape index (κ2) is 5.06. The van der Waals surface area contributed by atoms with Crippen LogP contribution in [0.1, 0.15) is 0 Å². The molecule has 0 radical (unpaired) electrons. The number of nitrogens with one attached hydrogen (secondary N) is 1. The second-order valence-corrected chi connectivity index (χ2v) is 5.38. The molecular formula is C15H11ClN6O. The summed E-state index contributed by atoms with van der Waals surface area (Å²) in [6.07, 6.45) is 3.30. The predicted octanol–water partition coefficient (Wildman–Crippen LogP) is 2.74. The number of nitrogens with zero attached hydrogens (tertiary/aromatic N) is 5. The van der Waals surface area contributed by atoms with E-state index in [0.717, 1.165) is 10.9 Å². The molecule has 114 valence electrons. The summed E-state index contributed by atoms with van der Waals surface area (Å²) in [4.78, 5) is 8.68. The molecule has 0 aliphatic heterocycles. The molecule has 1 aromatic carbocycles. The Bertz CT molecular complexity index is 1040. The molecule has 3 heterocycles. The number of fused-ring (bicyclic) bond motifs is 3. The number of anilines is 1. The summed E-state index contributed by atoms with van der Waals surface area (Å²) in [7, 11) is 1.76. The number of aromatic hydroxyl groups is 1. The Hall–Kier alpha value is -2.93. The van der Waals surface area contributed by atoms with Crippen molar-refractivity contribution >= 4 is 34.2 Å². The Morgan fingerprint density at radius 2 is 2.04 bits per heavy atom. The number of halogens is 1. The molecule has 0 amide bonds. The van der Waals surface area contributed by atoms with Crippen LogP contribution in [0.3, 0.4) is 0 Å². The Morgan fingerprint density at radius 1 is 1.17 bits per heavy atom. The fourth-order valence-corrected chi connectivity index (χ4v) is 2.73. The monoisotopic (exact) mass is 326 g/mol. The van der Waals surface area contributed by atoms with Crippen LogP contribution in [-0.2, 0) is 0 Å². The van der Waals surface area contributed by atoms with Crippen LogP contribution in [0, 0.1) is 0 Å². The average molecular weight is 327 g/mol. The molecule has 3 aromatic heterocycles. The minimum atomic E-state index is 0.129. The molecule has 8 heteroatoms. The molecule has 0 saturated carbocycles. The second-order valence-electron chi connectivity index (χ2n) is 4.97. The zero-order valence-electron chi connectivity index (χ0n) is 12.0. The molecule has 0 fully saturated rings. The first-order valence-corrected chi connectivity index (χ1v) is 7.21. The summed E-state index contributed by atoms with van der Waals surface area (Å²) in [5.41, 5.74) is 2.70. The van der Waals surface area contributed by atoms with Gasteiger partial charge in [-0.25, -0.2) is 4.98 Å². The van der Waals surface area contributed by atoms with Crippen molar-refractivity contribution in [2.24, 2.45) is 0 Å². The van der Waals surface area contributed by atoms with E-state index in [9.17, 15) is 5.11 Å². The van der Waals surface area contributed by atoms with Crippen molar-refractivity contribution in [1.29, 1.82) is 0 Å². The number of phenols is 1. The molecule has 2 N–H and O–H groups in total. The highest BCUT2D eigenvalue weighted by Crippen LogP contribution is 2.34. The molecule has 23 heavy (non-hydrogen) atoms. The number of aromatic nitrogens is 5. The molecule has 0 atom stereocenters. The third-order valence-corrected chi connectivity index (χ3v) is 3.91. The van der Waals surface area contributed by atoms with E-state index in [4.69, 9.17) is 11.6 Å². The van der Waals surface area contributed by atoms with Gasteiger partial charge in [0, 0.05) is 34.8 Å². The summed E-state index contributed by atoms with van der Waals surface area (Å²) in [5, 5.41) is 22.1. The van der Waals surface area contributed by atoms with Crippen LogP contribution in [-0.4, -0.2) is 36.7 Å². The van der Waals surface area contributed by atoms with Gasteiger partial charge < -0.3 is 10.4 Å². The Labute approximate surface area is 135 Å². The van der Waals surface area contributed by atoms with Crippen molar-refractivity contribution in [3.8, 4) is 16.9 Å². The van der Waals surface area contributed by atoms with E-state index >= 15 is 0 Å². The van der Waals surface area contributed by atoms with E-state index in [1.807, 2.05) is 6.07 Å². The lowest BCUT2D eigenvalue weighted by Crippen LogP contribution is -2.00. The first-order valence-electron chi connectivity index (χ1n) is 6.83. The van der Waals surface area contributed by atoms with E-state index < -0.39 is 0 Å². The molecule has 4 rings (SSSR count). The van der Waals surface area contributed by atoms with Crippen molar-refractivity contribution in [1.82, 2.24) is 24.6 Å². The summed E-state index contributed by atoms with van der Waals surface area (Å²) in [5.74, 6) is 0.639. The zero-order chi connectivity index (χ0) is 16.0. The van der Waals surface area contributed by atoms with E-state index in [-0.39, 0.29) is 5.75 Å². The van der Waals surface area contributed by atoms with E-state index in [1.165, 1.54) is 6.07 Å². The van der Waals surface area contributed by atoms with Crippen LogP contribution in [0.25, 0.3) is 27.8 Å². The highest BCUT2D eigenvalue weighted by molar-refractivity contribution is 6.33. The number of phenolic OH excluding ortho intramolecular Hbond substituents is 1. The summed E-state index contributed by atoms with van der Waals surface area (Å²) in [6, 6.07) is 6.67. The first-order chi connectivity index (χ1) is 11.2. The number of rotatable bonds is 2. The van der Waals surface area contributed by atoms with Gasteiger partial charge in [0.1, 0.15) is 12.1 Å². The fraction of sp³-hybridized carbons (Fsp3) is 0.0667. The fourth-order valence-electron chi connectivity index (χ4n) is 2.51. The molecule has 0 bridgehead atoms. The quantitative estimate of drug-likeness (QED) is 0.589. The molecule has 0 unspecified atom stereocenters. The highest BCUT2D eigenvalue weighted by Gasteiger charge is 2.15. The summed E-state index contributed by atoms with van der Waals surface area (Å²) < 4.78 is 1.77. The number of hydrogen-bond donors (Lipinski definition) is 2. The molecular weight excluding hydrogens is 316 g/mol. The smallest absolute Gasteiger partial charge is 0.224 e. The van der Waals surface area contributed by atoms with Gasteiger partial charge in [-0.15, -0.1) is 10.2 Å². The van der Waals surface area contributed by atoms with Gasteiger partial charge in [0.25, 0.3) is 0 Å². The Kier molecular flexibility index (Phi) is 3.02. The molecule has 0 aliphatic carbocycles. The van der Waals surface area contributed by atoms with Crippen LogP contribution in [0.2, 0.25) is 5.02 Å². The van der Waals surface area contributed by atoms with Gasteiger partial charge in [-0.05, 0) is 24.3 Å². The molecule has 0 aliphatic rings. The van der Waals surface area contributed by atoms with Gasteiger partial charge in [-0.1, -0.05) is 11.6 Å². The summed E-state index contributed by atoms with van der Waals surface area (Å²) in [6.45, 7) is 0. The van der Waals surface area contributed by atoms with Gasteiger partial charge in [-0.2, -0.15) is 4.98 Å². The standard InChI is InChI=1S/C15H11ClN6O/c1-17-15-18-6-8-4-11(10-5-9(23)2-3-12(10)16)14-21-19-7-22(14)13(8)20-15/h2-7,23H,1H3,(H,17,18,20). The van der Waals surface area contributed by atoms with Gasteiger partial charge in [0.15, 0.2) is 11.3 Å². The SMILES string of the molecule is CNc1ncc2cc(-c3cc(O)ccc3Cl)c3nncn3c2n1. The van der Waals surface area contributed by atoms with Crippen molar-refractivity contribution < 1.29 is 5.11 Å². The van der Waals surface area contributed by atoms with Crippen LogP contribution in [0.15, 0.2) is 36.8 Å². The van der Waals surface area contributed by atoms with E-state index in [2.05, 4.69) is 25.5 Å². The minimum absolute atomic E-state index is 0.129. The van der Waals surface area contributed by atoms with Crippen LogP contribution in [0.4, 0.5) is 5.95 Å². The van der Waals surface area contributed by atoms with Crippen molar-refractivity contribution in [2.45, 2.75) is 0 Å². The highest BCUT2D eigenvalue weighted by atomic mass is 35.5. The third kappa shape index (κ3) is 2.13. The zero-order valence-corrected chi connectivity index (χ0v) is 12.8. The number of hydrogen-bond acceptors (Lipinski definition) is 6. The normalized spacial score (nSPS) is 11.2. The first kappa shape index (κ1) is 13.7. The number of benzene rings is 1. The van der Waals surface area contributed by atoms with Gasteiger partial charge in [0.05, 0.1) is 0 Å². The van der Waals surface area contributed by atoms with Crippen LogP contribution < -0.4 is 5.32 Å². The number of pyridine rings is 1. The van der Waals surface area contributed by atoms with E-state index in [0.29, 0.717) is 27.8 Å². The van der Waals surface area contributed by atoms with Gasteiger partial charge >= 0.3 is 0 Å². The van der Waals surface area contributed by atoms with Crippen LogP contribution in [0.5, 0.6) is 5.75 Å². The van der Waals surface area contributed by atoms with Crippen molar-refractivity contribution in [2.75, 3.05) is 12.4 Å². The van der Waals surface area contributed by atoms with Crippen LogP contribution >= 0.6 is 11.6 Å². The lowest BCUT2D eigenvalue weighted by Gasteiger charge is -2.09. The molecule has 4 aromatic rings. The third-order valence-electron chi connectivity index (χ3n) is 3.58. The van der Waals surface area contributed by atoms with Crippen molar-refractivity contribution in [3.05, 3.63) is 41.8 Å². The minimum Gasteiger partial charge on any atom is -0.508 e. The molecule has 0 spiro atoms. The molecule has 0 saturated heterocycles. The summed E-state index contributed by atoms with van der Waals surface area (Å²) >= 11 is 6.29. The maximum Gasteiger partial charge on any atom is 0.224 e. The maximum atomic E-state index is 9.77. The maximum absolute atomic E-state index is 9.77. The largest absolute Gasteiger partial charge is 0.508 e. The molecule has 7 nitrogen and oxygen atoms in total.